The van der Waals surface area contributed by atoms with Crippen molar-refractivity contribution in [2.45, 2.75) is 27.2 Å². The lowest BCUT2D eigenvalue weighted by Gasteiger charge is -2.36. The maximum atomic E-state index is 11.9. The van der Waals surface area contributed by atoms with Gasteiger partial charge in [-0.15, -0.1) is 0 Å². The molecule has 0 atom stereocenters. The standard InChI is InChI=1S/C16H25N3O/c1-4-7-17-16(20)19-10-8-18(9-11-19)15-12-13(2)5-6-14(15)3/h5-6,12H,4,7-11H2,1-3H3,(H,17,20). The molecule has 1 fully saturated rings. The summed E-state index contributed by atoms with van der Waals surface area (Å²) in [4.78, 5) is 16.2. The third-order valence-electron chi connectivity index (χ3n) is 3.80. The summed E-state index contributed by atoms with van der Waals surface area (Å²) in [5.41, 5.74) is 3.90. The first kappa shape index (κ1) is 14.7. The summed E-state index contributed by atoms with van der Waals surface area (Å²) in [5.74, 6) is 0. The molecular weight excluding hydrogens is 250 g/mol. The van der Waals surface area contributed by atoms with Crippen molar-refractivity contribution >= 4 is 11.7 Å². The molecule has 4 nitrogen and oxygen atoms in total. The molecule has 0 bridgehead atoms. The monoisotopic (exact) mass is 275 g/mol. The van der Waals surface area contributed by atoms with Crippen molar-refractivity contribution < 1.29 is 4.79 Å². The Morgan fingerprint density at radius 3 is 2.55 bits per heavy atom. The molecule has 1 aromatic carbocycles. The van der Waals surface area contributed by atoms with Gasteiger partial charge in [0.15, 0.2) is 0 Å². The summed E-state index contributed by atoms with van der Waals surface area (Å²) < 4.78 is 0. The van der Waals surface area contributed by atoms with Crippen LogP contribution < -0.4 is 10.2 Å². The maximum absolute atomic E-state index is 11.9. The minimum atomic E-state index is 0.0764. The van der Waals surface area contributed by atoms with Crippen LogP contribution in [0, 0.1) is 13.8 Å². The highest BCUT2D eigenvalue weighted by Gasteiger charge is 2.21. The molecule has 0 spiro atoms. The van der Waals surface area contributed by atoms with Gasteiger partial charge in [-0.2, -0.15) is 0 Å². The molecule has 0 unspecified atom stereocenters. The summed E-state index contributed by atoms with van der Waals surface area (Å²) in [6, 6.07) is 6.63. The lowest BCUT2D eigenvalue weighted by Crippen LogP contribution is -2.52. The molecule has 1 aromatic rings. The highest BCUT2D eigenvalue weighted by atomic mass is 16.2. The number of hydrogen-bond donors (Lipinski definition) is 1. The van der Waals surface area contributed by atoms with E-state index in [4.69, 9.17) is 0 Å². The SMILES string of the molecule is CCCNC(=O)N1CCN(c2cc(C)ccc2C)CC1. The molecule has 1 N–H and O–H groups in total. The van der Waals surface area contributed by atoms with Gasteiger partial charge in [-0.3, -0.25) is 0 Å². The number of nitrogens with one attached hydrogen (secondary N) is 1. The van der Waals surface area contributed by atoms with E-state index in [-0.39, 0.29) is 6.03 Å². The smallest absolute Gasteiger partial charge is 0.317 e. The number of hydrogen-bond acceptors (Lipinski definition) is 2. The highest BCUT2D eigenvalue weighted by molar-refractivity contribution is 5.74. The second kappa shape index (κ2) is 6.64. The second-order valence-corrected chi connectivity index (χ2v) is 5.50. The zero-order valence-electron chi connectivity index (χ0n) is 12.8. The van der Waals surface area contributed by atoms with Crippen LogP contribution in [0.4, 0.5) is 10.5 Å². The van der Waals surface area contributed by atoms with Gasteiger partial charge in [0.05, 0.1) is 0 Å². The van der Waals surface area contributed by atoms with Gasteiger partial charge in [0.2, 0.25) is 0 Å². The molecule has 0 radical (unpaired) electrons. The van der Waals surface area contributed by atoms with Crippen molar-refractivity contribution in [2.24, 2.45) is 0 Å². The number of urea groups is 1. The summed E-state index contributed by atoms with van der Waals surface area (Å²) in [6.07, 6.45) is 0.980. The Balaban J connectivity index is 1.94. The van der Waals surface area contributed by atoms with Gasteiger partial charge in [-0.1, -0.05) is 19.1 Å². The van der Waals surface area contributed by atoms with E-state index in [0.717, 1.165) is 39.1 Å². The quantitative estimate of drug-likeness (QED) is 0.920. The third kappa shape index (κ3) is 3.44. The van der Waals surface area contributed by atoms with Gasteiger partial charge >= 0.3 is 6.03 Å². The zero-order chi connectivity index (χ0) is 14.5. The van der Waals surface area contributed by atoms with Gasteiger partial charge in [-0.25, -0.2) is 4.79 Å². The van der Waals surface area contributed by atoms with Crippen LogP contribution in [0.15, 0.2) is 18.2 Å². The molecule has 2 rings (SSSR count). The number of aryl methyl sites for hydroxylation is 2. The van der Waals surface area contributed by atoms with Crippen molar-refractivity contribution in [1.82, 2.24) is 10.2 Å². The number of rotatable bonds is 3. The Kier molecular flexibility index (Phi) is 4.88. The lowest BCUT2D eigenvalue weighted by molar-refractivity contribution is 0.194. The third-order valence-corrected chi connectivity index (χ3v) is 3.80. The fourth-order valence-corrected chi connectivity index (χ4v) is 2.55. The summed E-state index contributed by atoms with van der Waals surface area (Å²) in [5, 5.41) is 2.95. The van der Waals surface area contributed by atoms with E-state index in [1.807, 2.05) is 4.90 Å². The minimum Gasteiger partial charge on any atom is -0.368 e. The van der Waals surface area contributed by atoms with E-state index in [0.29, 0.717) is 0 Å². The Morgan fingerprint density at radius 1 is 1.20 bits per heavy atom. The molecule has 0 aromatic heterocycles. The van der Waals surface area contributed by atoms with Gasteiger partial charge in [0.1, 0.15) is 0 Å². The molecule has 2 amide bonds. The molecule has 1 aliphatic rings. The number of amides is 2. The zero-order valence-corrected chi connectivity index (χ0v) is 12.8. The highest BCUT2D eigenvalue weighted by Crippen LogP contribution is 2.22. The fourth-order valence-electron chi connectivity index (χ4n) is 2.55. The predicted octanol–water partition coefficient (Wildman–Crippen LogP) is 2.55. The molecule has 20 heavy (non-hydrogen) atoms. The first-order chi connectivity index (χ1) is 9.61. The molecule has 110 valence electrons. The number of carbonyl (C=O) groups is 1. The van der Waals surface area contributed by atoms with Gasteiger partial charge < -0.3 is 15.1 Å². The van der Waals surface area contributed by atoms with Crippen LogP contribution in [-0.4, -0.2) is 43.7 Å². The fraction of sp³-hybridized carbons (Fsp3) is 0.562. The molecule has 0 saturated carbocycles. The normalized spacial score (nSPS) is 15.3. The van der Waals surface area contributed by atoms with E-state index in [1.165, 1.54) is 16.8 Å². The molecule has 1 heterocycles. The molecule has 1 saturated heterocycles. The van der Waals surface area contributed by atoms with Crippen LogP contribution in [0.3, 0.4) is 0 Å². The molecule has 0 aliphatic carbocycles. The molecule has 1 aliphatic heterocycles. The predicted molar refractivity (Wildman–Crippen MR) is 83.4 cm³/mol. The van der Waals surface area contributed by atoms with Crippen LogP contribution in [0.1, 0.15) is 24.5 Å². The van der Waals surface area contributed by atoms with Crippen molar-refractivity contribution in [3.8, 4) is 0 Å². The first-order valence-corrected chi connectivity index (χ1v) is 7.46. The van der Waals surface area contributed by atoms with Crippen LogP contribution in [-0.2, 0) is 0 Å². The van der Waals surface area contributed by atoms with Crippen molar-refractivity contribution in [1.29, 1.82) is 0 Å². The van der Waals surface area contributed by atoms with Gasteiger partial charge in [-0.05, 0) is 37.5 Å². The Morgan fingerprint density at radius 2 is 1.90 bits per heavy atom. The Labute approximate surface area is 121 Å². The maximum Gasteiger partial charge on any atom is 0.317 e. The number of benzene rings is 1. The van der Waals surface area contributed by atoms with Gasteiger partial charge in [0, 0.05) is 38.4 Å². The molecule has 4 heteroatoms. The lowest BCUT2D eigenvalue weighted by atomic mass is 10.1. The van der Waals surface area contributed by atoms with Crippen molar-refractivity contribution in [3.05, 3.63) is 29.3 Å². The van der Waals surface area contributed by atoms with Crippen molar-refractivity contribution in [3.63, 3.8) is 0 Å². The van der Waals surface area contributed by atoms with E-state index >= 15 is 0 Å². The average molecular weight is 275 g/mol. The van der Waals surface area contributed by atoms with E-state index in [9.17, 15) is 4.79 Å². The van der Waals surface area contributed by atoms with Gasteiger partial charge in [0.25, 0.3) is 0 Å². The Bertz CT molecular complexity index is 465. The minimum absolute atomic E-state index is 0.0764. The number of carbonyl (C=O) groups excluding carboxylic acids is 1. The van der Waals surface area contributed by atoms with E-state index in [2.05, 4.69) is 49.2 Å². The van der Waals surface area contributed by atoms with Crippen LogP contribution in [0.25, 0.3) is 0 Å². The summed E-state index contributed by atoms with van der Waals surface area (Å²) in [6.45, 7) is 10.5. The van der Waals surface area contributed by atoms with E-state index in [1.54, 1.807) is 0 Å². The number of piperazine rings is 1. The summed E-state index contributed by atoms with van der Waals surface area (Å²) in [7, 11) is 0. The first-order valence-electron chi connectivity index (χ1n) is 7.46. The summed E-state index contributed by atoms with van der Waals surface area (Å²) >= 11 is 0. The second-order valence-electron chi connectivity index (χ2n) is 5.50. The van der Waals surface area contributed by atoms with Crippen LogP contribution in [0.2, 0.25) is 0 Å². The van der Waals surface area contributed by atoms with Crippen molar-refractivity contribution in [2.75, 3.05) is 37.6 Å². The number of anilines is 1. The average Bonchev–Trinajstić information content (AvgIpc) is 2.47. The van der Waals surface area contributed by atoms with Crippen LogP contribution >= 0.6 is 0 Å². The van der Waals surface area contributed by atoms with E-state index < -0.39 is 0 Å². The largest absolute Gasteiger partial charge is 0.368 e. The molecular formula is C16H25N3O. The van der Waals surface area contributed by atoms with Crippen LogP contribution in [0.5, 0.6) is 0 Å². The Hall–Kier alpha value is -1.71. The topological polar surface area (TPSA) is 35.6 Å². The number of nitrogens with zero attached hydrogens (tertiary/aromatic N) is 2.